The van der Waals surface area contributed by atoms with E-state index in [9.17, 15) is 4.79 Å². The van der Waals surface area contributed by atoms with Crippen LogP contribution in [0.25, 0.3) is 5.69 Å². The summed E-state index contributed by atoms with van der Waals surface area (Å²) >= 11 is 0. The topological polar surface area (TPSA) is 59.8 Å². The summed E-state index contributed by atoms with van der Waals surface area (Å²) in [6, 6.07) is 14.2. The van der Waals surface area contributed by atoms with E-state index in [-0.39, 0.29) is 11.3 Å². The quantitative estimate of drug-likeness (QED) is 0.701. The summed E-state index contributed by atoms with van der Waals surface area (Å²) < 4.78 is 1.72. The van der Waals surface area contributed by atoms with E-state index in [0.717, 1.165) is 18.5 Å². The van der Waals surface area contributed by atoms with E-state index in [4.69, 9.17) is 0 Å². The van der Waals surface area contributed by atoms with Crippen LogP contribution in [0.3, 0.4) is 0 Å². The van der Waals surface area contributed by atoms with E-state index < -0.39 is 0 Å². The number of benzene rings is 1. The molecule has 0 unspecified atom stereocenters. The Bertz CT molecular complexity index is 877. The largest absolute Gasteiger partial charge is 0.309 e. The van der Waals surface area contributed by atoms with Gasteiger partial charge in [0.2, 0.25) is 5.91 Å². The lowest BCUT2D eigenvalue weighted by Crippen LogP contribution is -2.12. The molecule has 2 heterocycles. The van der Waals surface area contributed by atoms with Gasteiger partial charge in [-0.25, -0.2) is 4.68 Å². The van der Waals surface area contributed by atoms with Crippen LogP contribution in [0, 0.1) is 0 Å². The average molecular weight is 362 g/mol. The number of hydrogen-bond acceptors (Lipinski definition) is 3. The second kappa shape index (κ2) is 8.16. The van der Waals surface area contributed by atoms with Crippen LogP contribution in [0.15, 0.2) is 61.1 Å². The second-order valence-electron chi connectivity index (χ2n) is 7.70. The molecule has 0 aliphatic carbocycles. The predicted molar refractivity (Wildman–Crippen MR) is 108 cm³/mol. The van der Waals surface area contributed by atoms with Crippen molar-refractivity contribution < 1.29 is 4.79 Å². The Kier molecular flexibility index (Phi) is 5.69. The molecule has 0 aliphatic heterocycles. The molecule has 140 valence electrons. The lowest BCUT2D eigenvalue weighted by atomic mass is 9.86. The van der Waals surface area contributed by atoms with E-state index in [1.165, 1.54) is 11.1 Å². The summed E-state index contributed by atoms with van der Waals surface area (Å²) in [5.74, 6) is 0.549. The van der Waals surface area contributed by atoms with Crippen LogP contribution in [0.5, 0.6) is 0 Å². The number of aryl methyl sites for hydroxylation is 1. The number of carbonyl (C=O) groups is 1. The van der Waals surface area contributed by atoms with Crippen molar-refractivity contribution in [2.75, 3.05) is 5.32 Å². The van der Waals surface area contributed by atoms with Gasteiger partial charge in [0, 0.05) is 31.1 Å². The molecular formula is C22H26N4O. The molecule has 0 bridgehead atoms. The summed E-state index contributed by atoms with van der Waals surface area (Å²) in [5.41, 5.74) is 3.66. The van der Waals surface area contributed by atoms with Gasteiger partial charge < -0.3 is 5.32 Å². The highest BCUT2D eigenvalue weighted by atomic mass is 16.1. The predicted octanol–water partition coefficient (Wildman–Crippen LogP) is 4.53. The number of carbonyl (C=O) groups excluding carboxylic acids is 1. The van der Waals surface area contributed by atoms with E-state index in [1.54, 1.807) is 23.1 Å². The lowest BCUT2D eigenvalue weighted by Gasteiger charge is -2.19. The Morgan fingerprint density at radius 1 is 1.04 bits per heavy atom. The van der Waals surface area contributed by atoms with Crippen molar-refractivity contribution in [3.63, 3.8) is 0 Å². The van der Waals surface area contributed by atoms with Crippen molar-refractivity contribution >= 4 is 11.7 Å². The van der Waals surface area contributed by atoms with Gasteiger partial charge in [0.05, 0.1) is 5.69 Å². The number of pyridine rings is 1. The summed E-state index contributed by atoms with van der Waals surface area (Å²) in [7, 11) is 0. The van der Waals surface area contributed by atoms with Gasteiger partial charge in [-0.2, -0.15) is 5.10 Å². The van der Waals surface area contributed by atoms with Gasteiger partial charge in [-0.1, -0.05) is 45.0 Å². The number of rotatable bonds is 6. The number of hydrogen-bond donors (Lipinski definition) is 1. The van der Waals surface area contributed by atoms with Gasteiger partial charge in [0.25, 0.3) is 0 Å². The number of nitrogens with zero attached hydrogens (tertiary/aromatic N) is 3. The third-order valence-corrected chi connectivity index (χ3v) is 4.47. The standard InChI is InChI=1S/C22H26N4O/c1-22(2,3)18-9-7-17(8-10-18)5-4-6-21(27)24-20-13-16-26(25-20)19-11-14-23-15-12-19/h7-16H,4-6H2,1-3H3,(H,24,25,27). The Morgan fingerprint density at radius 3 is 2.41 bits per heavy atom. The van der Waals surface area contributed by atoms with Gasteiger partial charge in [-0.15, -0.1) is 0 Å². The minimum absolute atomic E-state index is 0.0127. The number of anilines is 1. The number of nitrogens with one attached hydrogen (secondary N) is 1. The average Bonchev–Trinajstić information content (AvgIpc) is 3.10. The SMILES string of the molecule is CC(C)(C)c1ccc(CCCC(=O)Nc2ccn(-c3ccncc3)n2)cc1. The van der Waals surface area contributed by atoms with Gasteiger partial charge >= 0.3 is 0 Å². The van der Waals surface area contributed by atoms with Crippen LogP contribution in [0.4, 0.5) is 5.82 Å². The van der Waals surface area contributed by atoms with Crippen LogP contribution in [-0.4, -0.2) is 20.7 Å². The smallest absolute Gasteiger partial charge is 0.225 e. The molecule has 0 atom stereocenters. The minimum Gasteiger partial charge on any atom is -0.309 e. The molecule has 0 spiro atoms. The van der Waals surface area contributed by atoms with E-state index in [1.807, 2.05) is 18.3 Å². The normalized spacial score (nSPS) is 11.4. The zero-order valence-corrected chi connectivity index (χ0v) is 16.1. The first kappa shape index (κ1) is 18.8. The van der Waals surface area contributed by atoms with Crippen molar-refractivity contribution in [1.82, 2.24) is 14.8 Å². The van der Waals surface area contributed by atoms with Crippen molar-refractivity contribution in [3.05, 3.63) is 72.2 Å². The van der Waals surface area contributed by atoms with Crippen LogP contribution in [-0.2, 0) is 16.6 Å². The molecule has 5 heteroatoms. The first-order valence-corrected chi connectivity index (χ1v) is 9.27. The summed E-state index contributed by atoms with van der Waals surface area (Å²) in [5, 5.41) is 7.24. The summed E-state index contributed by atoms with van der Waals surface area (Å²) in [6.45, 7) is 6.63. The fraction of sp³-hybridized carbons (Fsp3) is 0.318. The van der Waals surface area contributed by atoms with Crippen LogP contribution in [0.1, 0.15) is 44.7 Å². The molecule has 1 N–H and O–H groups in total. The summed E-state index contributed by atoms with van der Waals surface area (Å²) in [4.78, 5) is 16.2. The van der Waals surface area contributed by atoms with Crippen molar-refractivity contribution in [2.24, 2.45) is 0 Å². The van der Waals surface area contributed by atoms with Crippen molar-refractivity contribution in [3.8, 4) is 5.69 Å². The molecule has 0 saturated heterocycles. The molecule has 1 amide bonds. The minimum atomic E-state index is -0.0127. The molecule has 1 aromatic carbocycles. The highest BCUT2D eigenvalue weighted by molar-refractivity contribution is 5.89. The van der Waals surface area contributed by atoms with E-state index in [2.05, 4.69) is 60.4 Å². The molecule has 5 nitrogen and oxygen atoms in total. The van der Waals surface area contributed by atoms with Crippen LogP contribution in [0.2, 0.25) is 0 Å². The maximum atomic E-state index is 12.2. The van der Waals surface area contributed by atoms with Gasteiger partial charge in [0.1, 0.15) is 0 Å². The number of amides is 1. The first-order valence-electron chi connectivity index (χ1n) is 9.27. The van der Waals surface area contributed by atoms with Crippen molar-refractivity contribution in [2.45, 2.75) is 45.4 Å². The summed E-state index contributed by atoms with van der Waals surface area (Å²) in [6.07, 6.45) is 7.42. The van der Waals surface area contributed by atoms with E-state index in [0.29, 0.717) is 12.2 Å². The van der Waals surface area contributed by atoms with E-state index >= 15 is 0 Å². The fourth-order valence-electron chi connectivity index (χ4n) is 2.86. The highest BCUT2D eigenvalue weighted by Gasteiger charge is 2.13. The van der Waals surface area contributed by atoms with Crippen LogP contribution >= 0.6 is 0 Å². The Labute approximate surface area is 160 Å². The number of aromatic nitrogens is 3. The third-order valence-electron chi connectivity index (χ3n) is 4.47. The van der Waals surface area contributed by atoms with Gasteiger partial charge in [-0.3, -0.25) is 9.78 Å². The fourth-order valence-corrected chi connectivity index (χ4v) is 2.86. The van der Waals surface area contributed by atoms with Gasteiger partial charge in [-0.05, 0) is 41.5 Å². The maximum absolute atomic E-state index is 12.2. The molecule has 27 heavy (non-hydrogen) atoms. The molecule has 0 aliphatic rings. The molecule has 3 rings (SSSR count). The molecule has 2 aromatic heterocycles. The third kappa shape index (κ3) is 5.26. The molecule has 3 aromatic rings. The Balaban J connectivity index is 1.47. The Hall–Kier alpha value is -2.95. The van der Waals surface area contributed by atoms with Crippen molar-refractivity contribution in [1.29, 1.82) is 0 Å². The first-order chi connectivity index (χ1) is 12.9. The maximum Gasteiger partial charge on any atom is 0.225 e. The van der Waals surface area contributed by atoms with Crippen LogP contribution < -0.4 is 5.32 Å². The molecule has 0 fully saturated rings. The molecular weight excluding hydrogens is 336 g/mol. The molecule has 0 radical (unpaired) electrons. The lowest BCUT2D eigenvalue weighted by molar-refractivity contribution is -0.116. The molecule has 0 saturated carbocycles. The Morgan fingerprint density at radius 2 is 1.74 bits per heavy atom. The zero-order valence-electron chi connectivity index (χ0n) is 16.1. The zero-order chi connectivity index (χ0) is 19.3. The second-order valence-corrected chi connectivity index (χ2v) is 7.70. The highest BCUT2D eigenvalue weighted by Crippen LogP contribution is 2.22. The van der Waals surface area contributed by atoms with Gasteiger partial charge in [0.15, 0.2) is 5.82 Å². The monoisotopic (exact) mass is 362 g/mol.